The summed E-state index contributed by atoms with van der Waals surface area (Å²) >= 11 is 0. The van der Waals surface area contributed by atoms with E-state index >= 15 is 0 Å². The number of anilines is 1. The largest absolute Gasteiger partial charge is 0.478 e. The van der Waals surface area contributed by atoms with E-state index in [1.54, 1.807) is 0 Å². The molecule has 0 saturated heterocycles. The molecular weight excluding hydrogens is 206 g/mol. The molecule has 0 radical (unpaired) electrons. The molecule has 0 aliphatic rings. The number of hydrogen-bond donors (Lipinski definition) is 3. The van der Waals surface area contributed by atoms with Crippen LogP contribution in [0.25, 0.3) is 0 Å². The van der Waals surface area contributed by atoms with Crippen molar-refractivity contribution in [1.29, 1.82) is 0 Å². The molecule has 4 N–H and O–H groups in total. The fraction of sp³-hybridized carbons (Fsp3) is 0.417. The summed E-state index contributed by atoms with van der Waals surface area (Å²) < 4.78 is 0. The van der Waals surface area contributed by atoms with Crippen LogP contribution >= 0.6 is 0 Å². The predicted octanol–water partition coefficient (Wildman–Crippen LogP) is 1.97. The van der Waals surface area contributed by atoms with Gasteiger partial charge in [0.05, 0.1) is 11.2 Å². The van der Waals surface area contributed by atoms with Gasteiger partial charge >= 0.3 is 5.97 Å². The Morgan fingerprint density at radius 1 is 1.38 bits per heavy atom. The standard InChI is InChI=1S/C12H17NO3/c1-3-12(16,4-2)10-7-8(13)5-6-9(10)11(14)15/h5-7,16H,3-4,13H2,1-2H3,(H,14,15). The third-order valence-corrected chi connectivity index (χ3v) is 2.95. The Balaban J connectivity index is 3.40. The minimum absolute atomic E-state index is 0.111. The average molecular weight is 223 g/mol. The topological polar surface area (TPSA) is 83.5 Å². The van der Waals surface area contributed by atoms with Gasteiger partial charge in [-0.25, -0.2) is 4.79 Å². The molecule has 0 aliphatic heterocycles. The predicted molar refractivity (Wildman–Crippen MR) is 62.3 cm³/mol. The van der Waals surface area contributed by atoms with Crippen molar-refractivity contribution in [3.63, 3.8) is 0 Å². The van der Waals surface area contributed by atoms with Crippen LogP contribution in [-0.4, -0.2) is 16.2 Å². The second-order valence-corrected chi connectivity index (χ2v) is 3.85. The smallest absolute Gasteiger partial charge is 0.336 e. The maximum absolute atomic E-state index is 11.1. The normalized spacial score (nSPS) is 11.4. The van der Waals surface area contributed by atoms with Crippen LogP contribution in [0.3, 0.4) is 0 Å². The van der Waals surface area contributed by atoms with Crippen LogP contribution in [-0.2, 0) is 5.60 Å². The van der Waals surface area contributed by atoms with Crippen molar-refractivity contribution in [2.75, 3.05) is 5.73 Å². The second kappa shape index (κ2) is 4.53. The number of rotatable bonds is 4. The minimum Gasteiger partial charge on any atom is -0.478 e. The van der Waals surface area contributed by atoms with Gasteiger partial charge in [0.15, 0.2) is 0 Å². The zero-order chi connectivity index (χ0) is 12.3. The molecule has 4 nitrogen and oxygen atoms in total. The fourth-order valence-corrected chi connectivity index (χ4v) is 1.76. The number of aliphatic hydroxyl groups is 1. The van der Waals surface area contributed by atoms with Gasteiger partial charge in [-0.05, 0) is 31.0 Å². The van der Waals surface area contributed by atoms with Crippen LogP contribution in [0, 0.1) is 0 Å². The van der Waals surface area contributed by atoms with Crippen molar-refractivity contribution in [3.8, 4) is 0 Å². The van der Waals surface area contributed by atoms with Crippen molar-refractivity contribution in [2.45, 2.75) is 32.3 Å². The number of benzene rings is 1. The van der Waals surface area contributed by atoms with Gasteiger partial charge in [0.25, 0.3) is 0 Å². The molecule has 0 aromatic heterocycles. The summed E-state index contributed by atoms with van der Waals surface area (Å²) in [5, 5.41) is 19.4. The maximum Gasteiger partial charge on any atom is 0.336 e. The summed E-state index contributed by atoms with van der Waals surface area (Å²) in [6.07, 6.45) is 0.903. The highest BCUT2D eigenvalue weighted by molar-refractivity contribution is 5.90. The number of carboxylic acid groups (broad SMARTS) is 1. The van der Waals surface area contributed by atoms with E-state index in [0.717, 1.165) is 0 Å². The zero-order valence-electron chi connectivity index (χ0n) is 9.53. The van der Waals surface area contributed by atoms with Crippen molar-refractivity contribution >= 4 is 11.7 Å². The first-order chi connectivity index (χ1) is 7.44. The van der Waals surface area contributed by atoms with Crippen molar-refractivity contribution in [2.24, 2.45) is 0 Å². The van der Waals surface area contributed by atoms with Crippen LogP contribution in [0.2, 0.25) is 0 Å². The molecule has 0 saturated carbocycles. The summed E-state index contributed by atoms with van der Waals surface area (Å²) in [4.78, 5) is 11.1. The van der Waals surface area contributed by atoms with Crippen LogP contribution < -0.4 is 5.73 Å². The van der Waals surface area contributed by atoms with E-state index in [1.807, 2.05) is 13.8 Å². The number of carbonyl (C=O) groups is 1. The van der Waals surface area contributed by atoms with Crippen molar-refractivity contribution in [1.82, 2.24) is 0 Å². The quantitative estimate of drug-likeness (QED) is 0.681. The second-order valence-electron chi connectivity index (χ2n) is 3.85. The SMILES string of the molecule is CCC(O)(CC)c1cc(N)ccc1C(=O)O. The Morgan fingerprint density at radius 2 is 1.94 bits per heavy atom. The van der Waals surface area contributed by atoms with Crippen molar-refractivity contribution < 1.29 is 15.0 Å². The third-order valence-electron chi connectivity index (χ3n) is 2.95. The van der Waals surface area contributed by atoms with Crippen LogP contribution in [0.15, 0.2) is 18.2 Å². The molecule has 0 atom stereocenters. The van der Waals surface area contributed by atoms with Gasteiger partial charge in [-0.3, -0.25) is 0 Å². The van der Waals surface area contributed by atoms with Gasteiger partial charge in [0, 0.05) is 11.3 Å². The van der Waals surface area contributed by atoms with Crippen LogP contribution in [0.4, 0.5) is 5.69 Å². The Morgan fingerprint density at radius 3 is 2.38 bits per heavy atom. The highest BCUT2D eigenvalue weighted by Crippen LogP contribution is 2.32. The lowest BCUT2D eigenvalue weighted by Gasteiger charge is -2.27. The van der Waals surface area contributed by atoms with Crippen LogP contribution in [0.5, 0.6) is 0 Å². The molecule has 0 heterocycles. The molecule has 88 valence electrons. The molecule has 0 aliphatic carbocycles. The Kier molecular flexibility index (Phi) is 3.55. The Labute approximate surface area is 94.7 Å². The van der Waals surface area contributed by atoms with Gasteiger partial charge in [-0.2, -0.15) is 0 Å². The molecule has 0 amide bonds. The van der Waals surface area contributed by atoms with E-state index in [1.165, 1.54) is 18.2 Å². The maximum atomic E-state index is 11.1. The third kappa shape index (κ3) is 2.17. The van der Waals surface area contributed by atoms with Gasteiger partial charge in [-0.1, -0.05) is 13.8 Å². The molecule has 1 aromatic carbocycles. The number of aromatic carboxylic acids is 1. The highest BCUT2D eigenvalue weighted by Gasteiger charge is 2.29. The monoisotopic (exact) mass is 223 g/mol. The molecular formula is C12H17NO3. The number of nitrogens with two attached hydrogens (primary N) is 1. The first-order valence-corrected chi connectivity index (χ1v) is 5.30. The first kappa shape index (κ1) is 12.5. The lowest BCUT2D eigenvalue weighted by atomic mass is 9.85. The van der Waals surface area contributed by atoms with Gasteiger partial charge < -0.3 is 15.9 Å². The van der Waals surface area contributed by atoms with Crippen molar-refractivity contribution in [3.05, 3.63) is 29.3 Å². The van der Waals surface area contributed by atoms with E-state index in [2.05, 4.69) is 0 Å². The van der Waals surface area contributed by atoms with E-state index < -0.39 is 11.6 Å². The van der Waals surface area contributed by atoms with E-state index in [4.69, 9.17) is 10.8 Å². The fourth-order valence-electron chi connectivity index (χ4n) is 1.76. The van der Waals surface area contributed by atoms with Crippen LogP contribution in [0.1, 0.15) is 42.6 Å². The van der Waals surface area contributed by atoms with E-state index in [-0.39, 0.29) is 5.56 Å². The first-order valence-electron chi connectivity index (χ1n) is 5.30. The lowest BCUT2D eigenvalue weighted by Crippen LogP contribution is -2.26. The molecule has 1 aromatic rings. The molecule has 0 unspecified atom stereocenters. The highest BCUT2D eigenvalue weighted by atomic mass is 16.4. The summed E-state index contributed by atoms with van der Waals surface area (Å²) in [5.74, 6) is -1.05. The molecule has 16 heavy (non-hydrogen) atoms. The lowest BCUT2D eigenvalue weighted by molar-refractivity contribution is 0.0261. The zero-order valence-corrected chi connectivity index (χ0v) is 9.53. The molecule has 1 rings (SSSR count). The molecule has 0 fully saturated rings. The van der Waals surface area contributed by atoms with E-state index in [0.29, 0.717) is 24.1 Å². The Bertz CT molecular complexity index is 397. The molecule has 4 heteroatoms. The molecule has 0 bridgehead atoms. The van der Waals surface area contributed by atoms with Gasteiger partial charge in [-0.15, -0.1) is 0 Å². The number of carboxylic acids is 1. The summed E-state index contributed by atoms with van der Waals surface area (Å²) in [6, 6.07) is 4.50. The Hall–Kier alpha value is -1.55. The minimum atomic E-state index is -1.12. The summed E-state index contributed by atoms with van der Waals surface area (Å²) in [7, 11) is 0. The average Bonchev–Trinajstić information content (AvgIpc) is 2.27. The van der Waals surface area contributed by atoms with Gasteiger partial charge in [0.1, 0.15) is 0 Å². The summed E-state index contributed by atoms with van der Waals surface area (Å²) in [6.45, 7) is 3.64. The summed E-state index contributed by atoms with van der Waals surface area (Å²) in [5.41, 5.74) is 5.47. The molecule has 0 spiro atoms. The van der Waals surface area contributed by atoms with Gasteiger partial charge in [0.2, 0.25) is 0 Å². The number of hydrogen-bond acceptors (Lipinski definition) is 3. The number of nitrogen functional groups attached to an aromatic ring is 1. The van der Waals surface area contributed by atoms with E-state index in [9.17, 15) is 9.90 Å².